The molecule has 2 aromatic heterocycles. The first kappa shape index (κ1) is 18.7. The maximum absolute atomic E-state index is 5.40. The van der Waals surface area contributed by atoms with Crippen molar-refractivity contribution in [3.8, 4) is 11.4 Å². The average molecular weight is 422 g/mol. The van der Waals surface area contributed by atoms with Crippen LogP contribution in [0.1, 0.15) is 28.4 Å². The molecule has 0 saturated heterocycles. The number of nitrogens with zero attached hydrogens (tertiary/aromatic N) is 4. The highest BCUT2D eigenvalue weighted by molar-refractivity contribution is 5.82. The molecular formula is C26H23N5O. The number of aryl methyl sites for hydroxylation is 2. The molecule has 0 radical (unpaired) electrons. The van der Waals surface area contributed by atoms with Crippen LogP contribution in [0, 0.1) is 13.8 Å². The number of ether oxygens (including phenoxy) is 1. The number of para-hydroxylation sites is 3. The lowest BCUT2D eigenvalue weighted by molar-refractivity contribution is 0.414. The van der Waals surface area contributed by atoms with Gasteiger partial charge < -0.3 is 10.1 Å². The van der Waals surface area contributed by atoms with Crippen LogP contribution in [0.25, 0.3) is 16.7 Å². The standard InChI is InChI=1S/C26H23N5O/c1-16-8-4-6-10-21(16)31-25-23(17(2)29-31)24(18-12-14-19(32-3)15-13-18)30-22-11-7-5-9-20(22)27-26(30)28-25/h4-15,24H,1-3H3,(H,27,28)/t24-/m0/s1. The van der Waals surface area contributed by atoms with Gasteiger partial charge in [-0.25, -0.2) is 9.67 Å². The Balaban J connectivity index is 1.64. The minimum absolute atomic E-state index is 0.0580. The predicted octanol–water partition coefficient (Wildman–Crippen LogP) is 5.54. The predicted molar refractivity (Wildman–Crippen MR) is 126 cm³/mol. The summed E-state index contributed by atoms with van der Waals surface area (Å²) in [5.74, 6) is 2.61. The summed E-state index contributed by atoms with van der Waals surface area (Å²) in [7, 11) is 1.69. The monoisotopic (exact) mass is 421 g/mol. The van der Waals surface area contributed by atoms with Crippen molar-refractivity contribution in [3.63, 3.8) is 0 Å². The Hall–Kier alpha value is -4.06. The minimum Gasteiger partial charge on any atom is -0.497 e. The minimum atomic E-state index is -0.0580. The van der Waals surface area contributed by atoms with Crippen molar-refractivity contribution in [2.45, 2.75) is 19.9 Å². The molecule has 6 rings (SSSR count). The van der Waals surface area contributed by atoms with Gasteiger partial charge in [0.25, 0.3) is 0 Å². The summed E-state index contributed by atoms with van der Waals surface area (Å²) in [6.45, 7) is 4.19. The molecule has 158 valence electrons. The molecule has 0 aliphatic carbocycles. The summed E-state index contributed by atoms with van der Waals surface area (Å²) in [4.78, 5) is 4.91. The van der Waals surface area contributed by atoms with Crippen LogP contribution in [0.3, 0.4) is 0 Å². The van der Waals surface area contributed by atoms with Gasteiger partial charge in [0.2, 0.25) is 5.95 Å². The van der Waals surface area contributed by atoms with E-state index in [2.05, 4.69) is 72.3 Å². The van der Waals surface area contributed by atoms with Crippen LogP contribution in [-0.2, 0) is 0 Å². The topological polar surface area (TPSA) is 56.9 Å². The van der Waals surface area contributed by atoms with E-state index in [1.165, 1.54) is 5.56 Å². The molecule has 3 aromatic carbocycles. The number of hydrogen-bond donors (Lipinski definition) is 1. The fourth-order valence-corrected chi connectivity index (χ4v) is 4.69. The first-order chi connectivity index (χ1) is 15.7. The third-order valence-corrected chi connectivity index (χ3v) is 6.24. The van der Waals surface area contributed by atoms with Gasteiger partial charge in [-0.3, -0.25) is 4.57 Å². The van der Waals surface area contributed by atoms with Gasteiger partial charge in [0.15, 0.2) is 0 Å². The van der Waals surface area contributed by atoms with E-state index in [1.807, 2.05) is 28.9 Å². The van der Waals surface area contributed by atoms with Gasteiger partial charge in [-0.2, -0.15) is 5.10 Å². The first-order valence-electron chi connectivity index (χ1n) is 10.7. The smallest absolute Gasteiger partial charge is 0.210 e. The Kier molecular flexibility index (Phi) is 4.08. The number of methoxy groups -OCH3 is 1. The van der Waals surface area contributed by atoms with E-state index in [4.69, 9.17) is 14.8 Å². The molecule has 0 amide bonds. The summed E-state index contributed by atoms with van der Waals surface area (Å²) < 4.78 is 9.69. The molecule has 1 aliphatic heterocycles. The Morgan fingerprint density at radius 3 is 2.44 bits per heavy atom. The molecule has 0 saturated carbocycles. The van der Waals surface area contributed by atoms with Crippen molar-refractivity contribution in [2.75, 3.05) is 12.4 Å². The molecule has 0 unspecified atom stereocenters. The second-order valence-corrected chi connectivity index (χ2v) is 8.14. The van der Waals surface area contributed by atoms with Gasteiger partial charge in [0.05, 0.1) is 35.6 Å². The quantitative estimate of drug-likeness (QED) is 0.407. The number of benzene rings is 3. The summed E-state index contributed by atoms with van der Waals surface area (Å²) in [6, 6.07) is 24.8. The number of rotatable bonds is 3. The van der Waals surface area contributed by atoms with E-state index in [1.54, 1.807) is 7.11 Å². The largest absolute Gasteiger partial charge is 0.497 e. The van der Waals surface area contributed by atoms with Crippen LogP contribution in [0.5, 0.6) is 5.75 Å². The van der Waals surface area contributed by atoms with Crippen molar-refractivity contribution in [1.29, 1.82) is 0 Å². The van der Waals surface area contributed by atoms with Crippen molar-refractivity contribution >= 4 is 22.8 Å². The summed E-state index contributed by atoms with van der Waals surface area (Å²) in [6.07, 6.45) is 0. The Morgan fingerprint density at radius 1 is 0.906 bits per heavy atom. The normalized spacial score (nSPS) is 14.7. The average Bonchev–Trinajstić information content (AvgIpc) is 3.35. The lowest BCUT2D eigenvalue weighted by Gasteiger charge is -2.28. The van der Waals surface area contributed by atoms with Crippen LogP contribution in [0.15, 0.2) is 72.8 Å². The summed E-state index contributed by atoms with van der Waals surface area (Å²) in [5.41, 5.74) is 7.57. The van der Waals surface area contributed by atoms with Gasteiger partial charge in [0.1, 0.15) is 11.6 Å². The number of nitrogens with one attached hydrogen (secondary N) is 1. The van der Waals surface area contributed by atoms with Crippen LogP contribution in [0.2, 0.25) is 0 Å². The Bertz CT molecular complexity index is 1460. The third-order valence-electron chi connectivity index (χ3n) is 6.24. The van der Waals surface area contributed by atoms with Gasteiger partial charge in [-0.05, 0) is 55.3 Å². The highest BCUT2D eigenvalue weighted by atomic mass is 16.5. The van der Waals surface area contributed by atoms with E-state index in [0.29, 0.717) is 0 Å². The molecule has 32 heavy (non-hydrogen) atoms. The highest BCUT2D eigenvalue weighted by Gasteiger charge is 2.34. The van der Waals surface area contributed by atoms with E-state index < -0.39 is 0 Å². The lowest BCUT2D eigenvalue weighted by atomic mass is 9.96. The molecule has 5 aromatic rings. The molecule has 3 heterocycles. The lowest BCUT2D eigenvalue weighted by Crippen LogP contribution is -2.22. The molecule has 6 nitrogen and oxygen atoms in total. The Labute approximate surface area is 186 Å². The summed E-state index contributed by atoms with van der Waals surface area (Å²) in [5, 5.41) is 8.56. The van der Waals surface area contributed by atoms with Crippen molar-refractivity contribution in [2.24, 2.45) is 0 Å². The second kappa shape index (κ2) is 6.99. The highest BCUT2D eigenvalue weighted by Crippen LogP contribution is 2.44. The number of aromatic nitrogens is 4. The van der Waals surface area contributed by atoms with Crippen LogP contribution in [-0.4, -0.2) is 26.4 Å². The van der Waals surface area contributed by atoms with E-state index in [9.17, 15) is 0 Å². The third kappa shape index (κ3) is 2.66. The Morgan fingerprint density at radius 2 is 1.66 bits per heavy atom. The van der Waals surface area contributed by atoms with Crippen molar-refractivity contribution in [1.82, 2.24) is 19.3 Å². The fraction of sp³-hybridized carbons (Fsp3) is 0.154. The van der Waals surface area contributed by atoms with Crippen LogP contribution in [0.4, 0.5) is 11.8 Å². The molecule has 0 bridgehead atoms. The van der Waals surface area contributed by atoms with Gasteiger partial charge in [0, 0.05) is 5.56 Å². The SMILES string of the molecule is COc1ccc([C@H]2c3c(C)nn(-c4ccccc4C)c3Nc3nc4ccccc4n32)cc1. The van der Waals surface area contributed by atoms with Crippen LogP contribution >= 0.6 is 0 Å². The van der Waals surface area contributed by atoms with E-state index >= 15 is 0 Å². The van der Waals surface area contributed by atoms with E-state index in [-0.39, 0.29) is 6.04 Å². The first-order valence-corrected chi connectivity index (χ1v) is 10.7. The fourth-order valence-electron chi connectivity index (χ4n) is 4.69. The van der Waals surface area contributed by atoms with Crippen molar-refractivity contribution < 1.29 is 4.74 Å². The zero-order chi connectivity index (χ0) is 21.8. The number of hydrogen-bond acceptors (Lipinski definition) is 4. The van der Waals surface area contributed by atoms with E-state index in [0.717, 1.165) is 51.1 Å². The molecular weight excluding hydrogens is 398 g/mol. The van der Waals surface area contributed by atoms with Crippen molar-refractivity contribution in [3.05, 3.63) is 95.2 Å². The zero-order valence-corrected chi connectivity index (χ0v) is 18.2. The molecule has 1 N–H and O–H groups in total. The van der Waals surface area contributed by atoms with Gasteiger partial charge in [-0.15, -0.1) is 0 Å². The van der Waals surface area contributed by atoms with Gasteiger partial charge >= 0.3 is 0 Å². The molecule has 1 aliphatic rings. The molecule has 6 heteroatoms. The molecule has 0 spiro atoms. The molecule has 0 fully saturated rings. The number of anilines is 2. The van der Waals surface area contributed by atoms with Gasteiger partial charge in [-0.1, -0.05) is 42.5 Å². The summed E-state index contributed by atoms with van der Waals surface area (Å²) >= 11 is 0. The number of imidazole rings is 1. The maximum atomic E-state index is 5.40. The maximum Gasteiger partial charge on any atom is 0.210 e. The zero-order valence-electron chi connectivity index (χ0n) is 18.2. The van der Waals surface area contributed by atoms with Crippen LogP contribution < -0.4 is 10.1 Å². The second-order valence-electron chi connectivity index (χ2n) is 8.14. The molecule has 1 atom stereocenters. The number of fused-ring (bicyclic) bond motifs is 4.